The first-order valence-electron chi connectivity index (χ1n) is 7.42. The summed E-state index contributed by atoms with van der Waals surface area (Å²) >= 11 is 6.22. The van der Waals surface area contributed by atoms with Crippen LogP contribution >= 0.6 is 11.6 Å². The van der Waals surface area contributed by atoms with E-state index in [-0.39, 0.29) is 17.0 Å². The molecule has 0 amide bonds. The Balaban J connectivity index is 1.99. The highest BCUT2D eigenvalue weighted by Gasteiger charge is 2.19. The van der Waals surface area contributed by atoms with Gasteiger partial charge in [-0.3, -0.25) is 9.36 Å². The lowest BCUT2D eigenvalue weighted by atomic mass is 10.1. The second kappa shape index (κ2) is 6.16. The topological polar surface area (TPSA) is 44.1 Å². The molecule has 112 valence electrons. The summed E-state index contributed by atoms with van der Waals surface area (Å²) in [5, 5.41) is 0.345. The van der Waals surface area contributed by atoms with E-state index in [1.807, 2.05) is 31.2 Å². The Kier molecular flexibility index (Phi) is 4.27. The molecule has 1 fully saturated rings. The largest absolute Gasteiger partial charge is 0.378 e. The highest BCUT2D eigenvalue weighted by molar-refractivity contribution is 6.20. The van der Waals surface area contributed by atoms with E-state index in [9.17, 15) is 4.79 Å². The number of rotatable bonds is 4. The lowest BCUT2D eigenvalue weighted by Crippen LogP contribution is -2.27. The van der Waals surface area contributed by atoms with E-state index < -0.39 is 0 Å². The molecule has 0 saturated carbocycles. The first-order chi connectivity index (χ1) is 10.2. The summed E-state index contributed by atoms with van der Waals surface area (Å²) in [5.41, 5.74) is 0.694. The molecule has 0 spiro atoms. The molecule has 2 atom stereocenters. The van der Waals surface area contributed by atoms with Crippen molar-refractivity contribution in [1.82, 2.24) is 9.55 Å². The van der Waals surface area contributed by atoms with Gasteiger partial charge in [-0.15, -0.1) is 11.6 Å². The van der Waals surface area contributed by atoms with Crippen LogP contribution in [0.15, 0.2) is 29.1 Å². The second-order valence-electron chi connectivity index (χ2n) is 5.48. The van der Waals surface area contributed by atoms with Crippen LogP contribution in [0, 0.1) is 0 Å². The number of alkyl halides is 1. The first kappa shape index (κ1) is 14.5. The highest BCUT2D eigenvalue weighted by Crippen LogP contribution is 2.21. The van der Waals surface area contributed by atoms with Crippen LogP contribution in [0.25, 0.3) is 10.9 Å². The van der Waals surface area contributed by atoms with Crippen molar-refractivity contribution in [3.05, 3.63) is 40.4 Å². The van der Waals surface area contributed by atoms with Crippen LogP contribution < -0.4 is 5.56 Å². The van der Waals surface area contributed by atoms with Gasteiger partial charge in [0.2, 0.25) is 0 Å². The van der Waals surface area contributed by atoms with E-state index in [0.29, 0.717) is 23.3 Å². The average molecular weight is 307 g/mol. The van der Waals surface area contributed by atoms with Gasteiger partial charge in [-0.2, -0.15) is 0 Å². The molecule has 5 heteroatoms. The van der Waals surface area contributed by atoms with Gasteiger partial charge in [0.1, 0.15) is 5.82 Å². The molecule has 1 aliphatic rings. The normalized spacial score (nSPS) is 20.0. The van der Waals surface area contributed by atoms with E-state index in [2.05, 4.69) is 4.98 Å². The van der Waals surface area contributed by atoms with Crippen molar-refractivity contribution in [2.75, 3.05) is 6.61 Å². The Labute approximate surface area is 128 Å². The van der Waals surface area contributed by atoms with Crippen molar-refractivity contribution in [1.29, 1.82) is 0 Å². The van der Waals surface area contributed by atoms with Crippen LogP contribution in [0.1, 0.15) is 37.4 Å². The van der Waals surface area contributed by atoms with Crippen molar-refractivity contribution in [2.45, 2.75) is 44.2 Å². The van der Waals surface area contributed by atoms with Gasteiger partial charge in [0.25, 0.3) is 5.56 Å². The van der Waals surface area contributed by atoms with Crippen LogP contribution in [0.2, 0.25) is 0 Å². The predicted molar refractivity (Wildman–Crippen MR) is 83.9 cm³/mol. The van der Waals surface area contributed by atoms with E-state index in [4.69, 9.17) is 16.3 Å². The van der Waals surface area contributed by atoms with Crippen molar-refractivity contribution < 1.29 is 4.74 Å². The number of fused-ring (bicyclic) bond motifs is 1. The number of halogens is 1. The lowest BCUT2D eigenvalue weighted by molar-refractivity contribution is 0.0998. The molecule has 2 heterocycles. The van der Waals surface area contributed by atoms with Crippen LogP contribution in [-0.2, 0) is 11.3 Å². The fourth-order valence-corrected chi connectivity index (χ4v) is 3.02. The van der Waals surface area contributed by atoms with Gasteiger partial charge in [0.05, 0.1) is 22.4 Å². The van der Waals surface area contributed by atoms with Gasteiger partial charge in [-0.25, -0.2) is 4.98 Å². The Bertz CT molecular complexity index is 690. The van der Waals surface area contributed by atoms with Gasteiger partial charge in [-0.1, -0.05) is 12.1 Å². The number of ether oxygens (including phenoxy) is 1. The number of para-hydroxylation sites is 1. The Morgan fingerprint density at radius 2 is 2.29 bits per heavy atom. The zero-order chi connectivity index (χ0) is 14.8. The maximum Gasteiger partial charge on any atom is 0.261 e. The van der Waals surface area contributed by atoms with Gasteiger partial charge in [0, 0.05) is 13.2 Å². The lowest BCUT2D eigenvalue weighted by Gasteiger charge is -2.16. The SMILES string of the molecule is CC(Cl)c1nc2ccccc2c(=O)n1CCC1CCCO1. The molecule has 1 aromatic heterocycles. The van der Waals surface area contributed by atoms with Crippen LogP contribution in [0.3, 0.4) is 0 Å². The van der Waals surface area contributed by atoms with Gasteiger partial charge in [0.15, 0.2) is 0 Å². The molecule has 0 bridgehead atoms. The maximum absolute atomic E-state index is 12.7. The average Bonchev–Trinajstić information content (AvgIpc) is 2.99. The Morgan fingerprint density at radius 1 is 1.48 bits per heavy atom. The van der Waals surface area contributed by atoms with Gasteiger partial charge < -0.3 is 4.74 Å². The van der Waals surface area contributed by atoms with Crippen molar-refractivity contribution >= 4 is 22.5 Å². The molecule has 4 nitrogen and oxygen atoms in total. The molecule has 0 aliphatic carbocycles. The molecular formula is C16H19ClN2O2. The molecule has 0 N–H and O–H groups in total. The fourth-order valence-electron chi connectivity index (χ4n) is 2.85. The summed E-state index contributed by atoms with van der Waals surface area (Å²) in [5.74, 6) is 0.637. The van der Waals surface area contributed by atoms with Crippen LogP contribution in [0.4, 0.5) is 0 Å². The number of hydrogen-bond acceptors (Lipinski definition) is 3. The molecule has 2 unspecified atom stereocenters. The summed E-state index contributed by atoms with van der Waals surface area (Å²) in [4.78, 5) is 17.3. The Morgan fingerprint density at radius 3 is 3.00 bits per heavy atom. The highest BCUT2D eigenvalue weighted by atomic mass is 35.5. The summed E-state index contributed by atoms with van der Waals surface area (Å²) in [6.45, 7) is 3.28. The zero-order valence-corrected chi connectivity index (χ0v) is 12.8. The maximum atomic E-state index is 12.7. The van der Waals surface area contributed by atoms with Crippen molar-refractivity contribution in [3.8, 4) is 0 Å². The molecular weight excluding hydrogens is 288 g/mol. The minimum absolute atomic E-state index is 0.0129. The van der Waals surface area contributed by atoms with E-state index in [1.54, 1.807) is 4.57 Å². The summed E-state index contributed by atoms with van der Waals surface area (Å²) < 4.78 is 7.34. The summed E-state index contributed by atoms with van der Waals surface area (Å²) in [6, 6.07) is 7.41. The Hall–Kier alpha value is -1.39. The number of hydrogen-bond donors (Lipinski definition) is 0. The second-order valence-corrected chi connectivity index (χ2v) is 6.14. The number of aromatic nitrogens is 2. The minimum Gasteiger partial charge on any atom is -0.378 e. The monoisotopic (exact) mass is 306 g/mol. The molecule has 1 aliphatic heterocycles. The third-order valence-electron chi connectivity index (χ3n) is 3.95. The van der Waals surface area contributed by atoms with E-state index in [1.165, 1.54) is 0 Å². The fraction of sp³-hybridized carbons (Fsp3) is 0.500. The van der Waals surface area contributed by atoms with E-state index in [0.717, 1.165) is 25.9 Å². The molecule has 21 heavy (non-hydrogen) atoms. The molecule has 1 saturated heterocycles. The van der Waals surface area contributed by atoms with Gasteiger partial charge >= 0.3 is 0 Å². The minimum atomic E-state index is -0.299. The predicted octanol–water partition coefficient (Wildman–Crippen LogP) is 3.27. The molecule has 2 aromatic rings. The first-order valence-corrected chi connectivity index (χ1v) is 7.85. The van der Waals surface area contributed by atoms with Gasteiger partial charge in [-0.05, 0) is 38.3 Å². The molecule has 0 radical (unpaired) electrons. The van der Waals surface area contributed by atoms with E-state index >= 15 is 0 Å². The smallest absolute Gasteiger partial charge is 0.261 e. The van der Waals surface area contributed by atoms with Crippen LogP contribution in [0.5, 0.6) is 0 Å². The molecule has 1 aromatic carbocycles. The zero-order valence-electron chi connectivity index (χ0n) is 12.1. The third-order valence-corrected chi connectivity index (χ3v) is 4.14. The van der Waals surface area contributed by atoms with Crippen molar-refractivity contribution in [3.63, 3.8) is 0 Å². The molecule has 3 rings (SSSR count). The number of benzene rings is 1. The number of nitrogens with zero attached hydrogens (tertiary/aromatic N) is 2. The quantitative estimate of drug-likeness (QED) is 0.814. The summed E-state index contributed by atoms with van der Waals surface area (Å²) in [6.07, 6.45) is 3.26. The standard InChI is InChI=1S/C16H19ClN2O2/c1-11(17)15-18-14-7-3-2-6-13(14)16(20)19(15)9-8-12-5-4-10-21-12/h2-3,6-7,11-12H,4-5,8-10H2,1H3. The summed E-state index contributed by atoms with van der Waals surface area (Å²) in [7, 11) is 0. The van der Waals surface area contributed by atoms with Crippen molar-refractivity contribution in [2.24, 2.45) is 0 Å². The third kappa shape index (κ3) is 2.97. The van der Waals surface area contributed by atoms with Crippen LogP contribution in [-0.4, -0.2) is 22.3 Å².